The Kier molecular flexibility index (Phi) is 12.9. The number of nitriles is 2. The number of rotatable bonds is 6. The average molecular weight is 1150 g/mol. The lowest BCUT2D eigenvalue weighted by atomic mass is 9.94. The largest absolute Gasteiger partial charge is 0.307 e. The maximum Gasteiger partial charge on any atom is 0.195 e. The van der Waals surface area contributed by atoms with Crippen LogP contribution in [-0.2, 0) is 0 Å². The average Bonchev–Trinajstić information content (AvgIpc) is 1.55. The monoisotopic (exact) mass is 1150 g/mol. The van der Waals surface area contributed by atoms with Crippen LogP contribution in [0.3, 0.4) is 0 Å². The summed E-state index contributed by atoms with van der Waals surface area (Å²) in [6.45, 7) is 28.0. The second-order valence-corrected chi connectivity index (χ2v) is 23.7. The molecule has 8 nitrogen and oxygen atoms in total. The van der Waals surface area contributed by atoms with Crippen molar-refractivity contribution in [2.75, 3.05) is 0 Å². The first kappa shape index (κ1) is 54.5. The van der Waals surface area contributed by atoms with Gasteiger partial charge in [-0.2, -0.15) is 10.5 Å². The predicted octanol–water partition coefficient (Wildman–Crippen LogP) is 21.8. The fourth-order valence-corrected chi connectivity index (χ4v) is 13.8. The van der Waals surface area contributed by atoms with E-state index in [0.717, 1.165) is 111 Å². The first-order chi connectivity index (χ1) is 43.9. The van der Waals surface area contributed by atoms with Gasteiger partial charge in [0.15, 0.2) is 11.4 Å². The van der Waals surface area contributed by atoms with Crippen LogP contribution in [0.1, 0.15) is 44.5 Å². The van der Waals surface area contributed by atoms with Gasteiger partial charge in [-0.25, -0.2) is 9.69 Å². The maximum atomic E-state index is 10.7. The summed E-state index contributed by atoms with van der Waals surface area (Å²) >= 11 is 0. The van der Waals surface area contributed by atoms with Crippen LogP contribution in [-0.4, -0.2) is 18.3 Å². The van der Waals surface area contributed by atoms with Crippen molar-refractivity contribution in [2.24, 2.45) is 0 Å². The zero-order valence-electron chi connectivity index (χ0n) is 50.5. The maximum absolute atomic E-state index is 10.7. The summed E-state index contributed by atoms with van der Waals surface area (Å²) < 4.78 is 9.32. The molecular weight excluding hydrogens is 1100 g/mol. The molecule has 0 aliphatic carbocycles. The van der Waals surface area contributed by atoms with Crippen LogP contribution in [0.4, 0.5) is 11.4 Å². The van der Waals surface area contributed by atoms with Crippen molar-refractivity contribution < 1.29 is 0 Å². The predicted molar refractivity (Wildman–Crippen MR) is 371 cm³/mol. The number of fused-ring (bicyclic) bond motifs is 12. The SMILES string of the molecule is [C-]#[N+]c1cc(C)ccc1-c1cc(-n2c3ccccc3c3ccc(C)cc32)c(-n2c3ccccc3c3ccc(C)cc32)cc1C#N.[C-]#[N+]c1ccc(-c2cc(-n3c4ccccc4c4ccc(C)cc43)c(-n3c4ccccc4c4ccc(C)cc43)cc2C#N)c(C)c1. The summed E-state index contributed by atoms with van der Waals surface area (Å²) in [6, 6.07) is 85.4. The van der Waals surface area contributed by atoms with E-state index in [1.165, 1.54) is 54.6 Å². The lowest BCUT2D eigenvalue weighted by Crippen LogP contribution is -2.06. The Morgan fingerprint density at radius 1 is 0.289 bits per heavy atom. The lowest BCUT2D eigenvalue weighted by molar-refractivity contribution is 1.09. The number of benzene rings is 12. The molecule has 0 aliphatic heterocycles. The van der Waals surface area contributed by atoms with Crippen LogP contribution in [0.5, 0.6) is 0 Å². The van der Waals surface area contributed by atoms with Crippen molar-refractivity contribution >= 4 is 98.6 Å². The Morgan fingerprint density at radius 3 is 0.944 bits per heavy atom. The van der Waals surface area contributed by atoms with Gasteiger partial charge < -0.3 is 18.3 Å². The highest BCUT2D eigenvalue weighted by atomic mass is 15.1. The zero-order chi connectivity index (χ0) is 61.6. The minimum atomic E-state index is 0.526. The van der Waals surface area contributed by atoms with Crippen LogP contribution < -0.4 is 0 Å². The van der Waals surface area contributed by atoms with E-state index in [0.29, 0.717) is 22.5 Å². The van der Waals surface area contributed by atoms with Crippen molar-refractivity contribution in [3.8, 4) is 57.1 Å². The van der Waals surface area contributed by atoms with E-state index in [9.17, 15) is 10.5 Å². The van der Waals surface area contributed by atoms with E-state index in [1.807, 2.05) is 56.3 Å². The molecule has 424 valence electrons. The highest BCUT2D eigenvalue weighted by molar-refractivity contribution is 6.14. The van der Waals surface area contributed by atoms with Crippen LogP contribution in [0.25, 0.3) is 142 Å². The van der Waals surface area contributed by atoms with Crippen molar-refractivity contribution in [2.45, 2.75) is 41.5 Å². The van der Waals surface area contributed by atoms with E-state index in [4.69, 9.17) is 13.1 Å². The van der Waals surface area contributed by atoms with Gasteiger partial charge in [-0.3, -0.25) is 0 Å². The van der Waals surface area contributed by atoms with Crippen LogP contribution in [0.2, 0.25) is 0 Å². The molecule has 0 fully saturated rings. The number of hydrogen-bond acceptors (Lipinski definition) is 2. The summed E-state index contributed by atoms with van der Waals surface area (Å²) in [5.74, 6) is 0. The number of para-hydroxylation sites is 4. The normalized spacial score (nSPS) is 11.4. The molecule has 12 aromatic carbocycles. The van der Waals surface area contributed by atoms with Crippen LogP contribution in [0, 0.1) is 77.3 Å². The molecule has 0 saturated heterocycles. The van der Waals surface area contributed by atoms with Gasteiger partial charge in [0.2, 0.25) is 0 Å². The van der Waals surface area contributed by atoms with Gasteiger partial charge >= 0.3 is 0 Å². The summed E-state index contributed by atoms with van der Waals surface area (Å²) in [6.07, 6.45) is 0. The highest BCUT2D eigenvalue weighted by Crippen LogP contribution is 2.45. The van der Waals surface area contributed by atoms with Gasteiger partial charge in [0.1, 0.15) is 0 Å². The smallest absolute Gasteiger partial charge is 0.195 e. The van der Waals surface area contributed by atoms with Gasteiger partial charge in [-0.15, -0.1) is 0 Å². The Hall–Kier alpha value is -12.2. The first-order valence-electron chi connectivity index (χ1n) is 30.1. The van der Waals surface area contributed by atoms with E-state index in [-0.39, 0.29) is 0 Å². The Morgan fingerprint density at radius 2 is 0.600 bits per heavy atom. The van der Waals surface area contributed by atoms with Gasteiger partial charge in [0.25, 0.3) is 0 Å². The molecule has 0 atom stereocenters. The molecule has 0 saturated carbocycles. The molecule has 16 aromatic rings. The number of nitrogens with zero attached hydrogens (tertiary/aromatic N) is 8. The molecule has 0 N–H and O–H groups in total. The fraction of sp³-hybridized carbons (Fsp3) is 0.0732. The van der Waals surface area contributed by atoms with E-state index in [2.05, 4.69) is 256 Å². The zero-order valence-corrected chi connectivity index (χ0v) is 50.5. The third kappa shape index (κ3) is 8.62. The van der Waals surface area contributed by atoms with E-state index < -0.39 is 0 Å². The summed E-state index contributed by atoms with van der Waals surface area (Å²) in [5, 5.41) is 30.7. The van der Waals surface area contributed by atoms with Gasteiger partial charge in [-0.05, 0) is 153 Å². The first-order valence-corrected chi connectivity index (χ1v) is 30.1. The molecule has 8 heteroatoms. The number of aromatic nitrogens is 4. The number of hydrogen-bond donors (Lipinski definition) is 0. The van der Waals surface area contributed by atoms with Gasteiger partial charge in [-0.1, -0.05) is 169 Å². The third-order valence-corrected chi connectivity index (χ3v) is 17.9. The Labute approximate surface area is 521 Å². The molecule has 0 amide bonds. The van der Waals surface area contributed by atoms with Gasteiger partial charge in [0, 0.05) is 48.7 Å². The standard InChI is InChI=1S/2C41H28N4/c1-25-13-16-33-31-9-5-7-11-36(31)44(38(33)19-25)40-22-28(24-42)35(30-18-15-29(43-4)21-27(30)3)23-41(40)45-37-12-8-6-10-32(37)34-17-14-26(2)20-39(34)45;1-25-13-16-29(35(19-25)43-4)34-23-41(45-37-12-8-6-10-31(37)33-18-15-27(3)21-39(33)45)40(22-28(34)24-42)44-36-11-7-5-9-30(36)32-17-14-26(2)20-38(32)44/h2*5-23H,1-3H3. The molecule has 0 aliphatic rings. The molecule has 4 aromatic heterocycles. The Bertz CT molecular complexity index is 5930. The molecule has 90 heavy (non-hydrogen) atoms. The molecule has 16 rings (SSSR count). The fourth-order valence-electron chi connectivity index (χ4n) is 13.8. The second kappa shape index (κ2) is 21.3. The molecule has 4 heterocycles. The summed E-state index contributed by atoms with van der Waals surface area (Å²) in [5.41, 5.74) is 24.7. The van der Waals surface area contributed by atoms with Crippen molar-refractivity contribution in [3.63, 3.8) is 0 Å². The Balaban J connectivity index is 0.000000150. The van der Waals surface area contributed by atoms with E-state index >= 15 is 0 Å². The summed E-state index contributed by atoms with van der Waals surface area (Å²) in [7, 11) is 0. The lowest BCUT2D eigenvalue weighted by Gasteiger charge is -2.20. The van der Waals surface area contributed by atoms with Crippen LogP contribution in [0.15, 0.2) is 231 Å². The van der Waals surface area contributed by atoms with Crippen molar-refractivity contribution in [1.29, 1.82) is 10.5 Å². The quantitative estimate of drug-likeness (QED) is 0.156. The third-order valence-electron chi connectivity index (χ3n) is 17.9. The summed E-state index contributed by atoms with van der Waals surface area (Å²) in [4.78, 5) is 7.51. The minimum Gasteiger partial charge on any atom is -0.307 e. The highest BCUT2D eigenvalue weighted by Gasteiger charge is 2.26. The number of aryl methyl sites for hydroxylation is 6. The van der Waals surface area contributed by atoms with Crippen molar-refractivity contribution in [1.82, 2.24) is 18.3 Å². The van der Waals surface area contributed by atoms with Crippen molar-refractivity contribution in [3.05, 3.63) is 298 Å². The van der Waals surface area contributed by atoms with E-state index in [1.54, 1.807) is 0 Å². The second-order valence-electron chi connectivity index (χ2n) is 23.7. The molecule has 0 spiro atoms. The molecular formula is C82H56N8. The van der Waals surface area contributed by atoms with Gasteiger partial charge in [0.05, 0.1) is 103 Å². The molecule has 0 bridgehead atoms. The van der Waals surface area contributed by atoms with Crippen LogP contribution >= 0.6 is 0 Å². The topological polar surface area (TPSA) is 76.0 Å². The minimum absolute atomic E-state index is 0.526. The molecule has 0 unspecified atom stereocenters. The molecule has 0 radical (unpaired) electrons.